The van der Waals surface area contributed by atoms with Gasteiger partial charge in [-0.25, -0.2) is 4.79 Å². The molecule has 0 fully saturated rings. The minimum absolute atomic E-state index is 0.0911. The summed E-state index contributed by atoms with van der Waals surface area (Å²) in [6.45, 7) is 6.07. The number of benzene rings is 1. The van der Waals surface area contributed by atoms with Crippen molar-refractivity contribution in [1.82, 2.24) is 4.90 Å². The first-order chi connectivity index (χ1) is 9.12. The lowest BCUT2D eigenvalue weighted by molar-refractivity contribution is 0.195. The van der Waals surface area contributed by atoms with Crippen molar-refractivity contribution in [2.75, 3.05) is 32.1 Å². The molecule has 19 heavy (non-hydrogen) atoms. The maximum Gasteiger partial charge on any atom is 0.322 e. The van der Waals surface area contributed by atoms with Crippen LogP contribution in [-0.4, -0.2) is 42.8 Å². The molecule has 0 aliphatic heterocycles. The molecule has 0 aromatic heterocycles. The number of rotatable bonds is 6. The number of hydrogen-bond donors (Lipinski definition) is 2. The second-order valence-electron chi connectivity index (χ2n) is 4.09. The predicted molar refractivity (Wildman–Crippen MR) is 75.6 cm³/mol. The summed E-state index contributed by atoms with van der Waals surface area (Å²) < 4.78 is 5.20. The predicted octanol–water partition coefficient (Wildman–Crippen LogP) is 2.02. The summed E-state index contributed by atoms with van der Waals surface area (Å²) in [5, 5.41) is 11.7. The third-order valence-electron chi connectivity index (χ3n) is 2.60. The van der Waals surface area contributed by atoms with Crippen LogP contribution >= 0.6 is 0 Å². The molecule has 0 spiro atoms. The van der Waals surface area contributed by atoms with E-state index in [1.165, 1.54) is 4.90 Å². The van der Waals surface area contributed by atoms with Gasteiger partial charge in [0.25, 0.3) is 0 Å². The Balaban J connectivity index is 2.84. The molecule has 0 heterocycles. The van der Waals surface area contributed by atoms with E-state index >= 15 is 0 Å². The van der Waals surface area contributed by atoms with Gasteiger partial charge >= 0.3 is 6.03 Å². The maximum absolute atomic E-state index is 12.1. The fraction of sp³-hybridized carbons (Fsp3) is 0.357. The van der Waals surface area contributed by atoms with E-state index in [4.69, 9.17) is 9.84 Å². The fourth-order valence-electron chi connectivity index (χ4n) is 1.67. The summed E-state index contributed by atoms with van der Waals surface area (Å²) >= 11 is 0. The number of carbonyl (C=O) groups excluding carboxylic acids is 1. The van der Waals surface area contributed by atoms with Crippen LogP contribution in [-0.2, 0) is 0 Å². The van der Waals surface area contributed by atoms with Crippen LogP contribution in [0.5, 0.6) is 5.75 Å². The van der Waals surface area contributed by atoms with E-state index in [9.17, 15) is 4.79 Å². The van der Waals surface area contributed by atoms with Crippen LogP contribution < -0.4 is 10.1 Å². The zero-order chi connectivity index (χ0) is 14.3. The van der Waals surface area contributed by atoms with Gasteiger partial charge in [0.2, 0.25) is 0 Å². The molecule has 0 atom stereocenters. The van der Waals surface area contributed by atoms with E-state index in [-0.39, 0.29) is 19.2 Å². The minimum Gasteiger partial charge on any atom is -0.495 e. The first-order valence-corrected chi connectivity index (χ1v) is 6.04. The molecule has 1 rings (SSSR count). The molecule has 1 aromatic carbocycles. The number of nitrogens with zero attached hydrogens (tertiary/aromatic N) is 1. The quantitative estimate of drug-likeness (QED) is 0.773. The average molecular weight is 264 g/mol. The highest BCUT2D eigenvalue weighted by molar-refractivity contribution is 5.91. The Morgan fingerprint density at radius 3 is 2.89 bits per heavy atom. The van der Waals surface area contributed by atoms with Crippen molar-refractivity contribution in [3.63, 3.8) is 0 Å². The van der Waals surface area contributed by atoms with Gasteiger partial charge < -0.3 is 20.1 Å². The van der Waals surface area contributed by atoms with Crippen molar-refractivity contribution >= 4 is 11.7 Å². The Hall–Kier alpha value is -2.01. The van der Waals surface area contributed by atoms with E-state index in [1.54, 1.807) is 19.3 Å². The number of hydrogen-bond acceptors (Lipinski definition) is 3. The van der Waals surface area contributed by atoms with Crippen LogP contribution in [0.25, 0.3) is 0 Å². The minimum atomic E-state index is -0.294. The highest BCUT2D eigenvalue weighted by Gasteiger charge is 2.13. The summed E-state index contributed by atoms with van der Waals surface area (Å²) in [4.78, 5) is 13.5. The van der Waals surface area contributed by atoms with Crippen molar-refractivity contribution in [2.45, 2.75) is 6.92 Å². The smallest absolute Gasteiger partial charge is 0.322 e. The van der Waals surface area contributed by atoms with Gasteiger partial charge in [-0.3, -0.25) is 0 Å². The number of amides is 2. The van der Waals surface area contributed by atoms with Crippen LogP contribution in [0.15, 0.2) is 30.9 Å². The highest BCUT2D eigenvalue weighted by atomic mass is 16.5. The Labute approximate surface area is 113 Å². The van der Waals surface area contributed by atoms with E-state index in [1.807, 2.05) is 19.1 Å². The van der Waals surface area contributed by atoms with Crippen molar-refractivity contribution in [2.24, 2.45) is 0 Å². The maximum atomic E-state index is 12.1. The van der Waals surface area contributed by atoms with E-state index < -0.39 is 0 Å². The van der Waals surface area contributed by atoms with Gasteiger partial charge in [0, 0.05) is 13.1 Å². The molecule has 1 aromatic rings. The molecule has 5 nitrogen and oxygen atoms in total. The number of aryl methyl sites for hydroxylation is 1. The summed E-state index contributed by atoms with van der Waals surface area (Å²) in [7, 11) is 1.55. The lowest BCUT2D eigenvalue weighted by Crippen LogP contribution is -2.37. The first kappa shape index (κ1) is 15.0. The summed E-state index contributed by atoms with van der Waals surface area (Å²) in [6, 6.07) is 5.25. The molecule has 0 bridgehead atoms. The molecule has 104 valence electrons. The Bertz CT molecular complexity index is 446. The SMILES string of the molecule is C=CCN(CCO)C(=O)Nc1cc(C)ccc1OC. The molecular formula is C14H20N2O3. The van der Waals surface area contributed by atoms with Gasteiger partial charge in [-0.2, -0.15) is 0 Å². The van der Waals surface area contributed by atoms with Crippen molar-refractivity contribution in [3.05, 3.63) is 36.4 Å². The van der Waals surface area contributed by atoms with Crippen LogP contribution in [0.1, 0.15) is 5.56 Å². The molecule has 2 amide bonds. The van der Waals surface area contributed by atoms with Gasteiger partial charge in [-0.1, -0.05) is 12.1 Å². The standard InChI is InChI=1S/C14H20N2O3/c1-4-7-16(8-9-17)14(18)15-12-10-11(2)5-6-13(12)19-3/h4-6,10,17H,1,7-9H2,2-3H3,(H,15,18). The Morgan fingerprint density at radius 1 is 1.58 bits per heavy atom. The first-order valence-electron chi connectivity index (χ1n) is 6.04. The number of aliphatic hydroxyl groups excluding tert-OH is 1. The zero-order valence-electron chi connectivity index (χ0n) is 11.3. The van der Waals surface area contributed by atoms with Gasteiger partial charge in [0.05, 0.1) is 19.4 Å². The second kappa shape index (κ2) is 7.43. The molecule has 0 aliphatic carbocycles. The normalized spacial score (nSPS) is 9.84. The molecule has 0 aliphatic rings. The number of urea groups is 1. The number of ether oxygens (including phenoxy) is 1. The Morgan fingerprint density at radius 2 is 2.32 bits per heavy atom. The monoisotopic (exact) mass is 264 g/mol. The van der Waals surface area contributed by atoms with Crippen molar-refractivity contribution in [1.29, 1.82) is 0 Å². The highest BCUT2D eigenvalue weighted by Crippen LogP contribution is 2.25. The second-order valence-corrected chi connectivity index (χ2v) is 4.09. The number of carbonyl (C=O) groups is 1. The number of methoxy groups -OCH3 is 1. The average Bonchev–Trinajstić information content (AvgIpc) is 2.38. The third kappa shape index (κ3) is 4.30. The van der Waals surface area contributed by atoms with Crippen LogP contribution in [0, 0.1) is 6.92 Å². The van der Waals surface area contributed by atoms with Crippen LogP contribution in [0.2, 0.25) is 0 Å². The molecule has 2 N–H and O–H groups in total. The summed E-state index contributed by atoms with van der Waals surface area (Å²) in [6.07, 6.45) is 1.61. The largest absolute Gasteiger partial charge is 0.495 e. The lowest BCUT2D eigenvalue weighted by Gasteiger charge is -2.21. The number of aliphatic hydroxyl groups is 1. The fourth-order valence-corrected chi connectivity index (χ4v) is 1.67. The Kier molecular flexibility index (Phi) is 5.89. The van der Waals surface area contributed by atoms with Gasteiger partial charge in [-0.05, 0) is 24.6 Å². The lowest BCUT2D eigenvalue weighted by atomic mass is 10.2. The summed E-state index contributed by atoms with van der Waals surface area (Å²) in [5.74, 6) is 0.599. The van der Waals surface area contributed by atoms with Gasteiger partial charge in [0.15, 0.2) is 0 Å². The van der Waals surface area contributed by atoms with Crippen LogP contribution in [0.3, 0.4) is 0 Å². The molecule has 0 saturated heterocycles. The molecule has 0 radical (unpaired) electrons. The van der Waals surface area contributed by atoms with Gasteiger partial charge in [-0.15, -0.1) is 6.58 Å². The van der Waals surface area contributed by atoms with E-state index in [0.29, 0.717) is 18.0 Å². The van der Waals surface area contributed by atoms with Crippen LogP contribution in [0.4, 0.5) is 10.5 Å². The summed E-state index contributed by atoms with van der Waals surface area (Å²) in [5.41, 5.74) is 1.63. The zero-order valence-corrected chi connectivity index (χ0v) is 11.3. The number of anilines is 1. The third-order valence-corrected chi connectivity index (χ3v) is 2.60. The van der Waals surface area contributed by atoms with Gasteiger partial charge in [0.1, 0.15) is 5.75 Å². The molecular weight excluding hydrogens is 244 g/mol. The van der Waals surface area contributed by atoms with E-state index in [0.717, 1.165) is 5.56 Å². The van der Waals surface area contributed by atoms with Crippen molar-refractivity contribution in [3.8, 4) is 5.75 Å². The van der Waals surface area contributed by atoms with E-state index in [2.05, 4.69) is 11.9 Å². The molecule has 0 unspecified atom stereocenters. The topological polar surface area (TPSA) is 61.8 Å². The molecule has 5 heteroatoms. The number of nitrogens with one attached hydrogen (secondary N) is 1. The van der Waals surface area contributed by atoms with Crippen molar-refractivity contribution < 1.29 is 14.6 Å². The molecule has 0 saturated carbocycles.